The van der Waals surface area contributed by atoms with E-state index in [-0.39, 0.29) is 17.3 Å². The second-order valence-electron chi connectivity index (χ2n) is 8.52. The molecular formula is C27H18BrN3O3S. The largest absolute Gasteiger partial charge is 0.272 e. The van der Waals surface area contributed by atoms with Crippen molar-refractivity contribution in [3.63, 3.8) is 0 Å². The summed E-state index contributed by atoms with van der Waals surface area (Å²) in [4.78, 5) is 30.1. The van der Waals surface area contributed by atoms with E-state index in [9.17, 15) is 14.9 Å². The number of hydrogen-bond donors (Lipinski definition) is 0. The Labute approximate surface area is 212 Å². The van der Waals surface area contributed by atoms with Gasteiger partial charge in [0.15, 0.2) is 4.80 Å². The zero-order chi connectivity index (χ0) is 24.1. The van der Waals surface area contributed by atoms with Crippen LogP contribution in [0.5, 0.6) is 0 Å². The highest BCUT2D eigenvalue weighted by Gasteiger charge is 2.32. The first kappa shape index (κ1) is 21.9. The number of nitrogens with zero attached hydrogens (tertiary/aromatic N) is 3. The van der Waals surface area contributed by atoms with Crippen LogP contribution in [-0.2, 0) is 6.42 Å². The van der Waals surface area contributed by atoms with E-state index < -0.39 is 4.92 Å². The number of benzene rings is 3. The SMILES string of the molecule is O=c1c(=Cc2cccc([N+](=O)[O-])c2)sc2n1C(c1ccc(Br)cc1)C1=C(N=2)c2ccccc2CC1. The minimum atomic E-state index is -0.433. The first-order chi connectivity index (χ1) is 17.0. The Kier molecular flexibility index (Phi) is 5.35. The molecule has 2 heterocycles. The highest BCUT2D eigenvalue weighted by Crippen LogP contribution is 2.41. The van der Waals surface area contributed by atoms with Crippen molar-refractivity contribution < 1.29 is 4.92 Å². The molecule has 1 aliphatic heterocycles. The van der Waals surface area contributed by atoms with E-state index in [1.54, 1.807) is 22.8 Å². The third kappa shape index (κ3) is 3.79. The van der Waals surface area contributed by atoms with Gasteiger partial charge in [0.25, 0.3) is 11.2 Å². The number of thiazole rings is 1. The van der Waals surface area contributed by atoms with Gasteiger partial charge in [0, 0.05) is 22.2 Å². The van der Waals surface area contributed by atoms with Gasteiger partial charge < -0.3 is 0 Å². The minimum Gasteiger partial charge on any atom is -0.272 e. The molecule has 0 amide bonds. The number of aryl methyl sites for hydroxylation is 1. The van der Waals surface area contributed by atoms with Gasteiger partial charge in [-0.05, 0) is 53.3 Å². The molecule has 0 bridgehead atoms. The molecule has 172 valence electrons. The summed E-state index contributed by atoms with van der Waals surface area (Å²) in [5.74, 6) is 0. The monoisotopic (exact) mass is 543 g/mol. The average Bonchev–Trinajstić information content (AvgIpc) is 3.18. The van der Waals surface area contributed by atoms with Gasteiger partial charge in [-0.15, -0.1) is 0 Å². The smallest absolute Gasteiger partial charge is 0.271 e. The van der Waals surface area contributed by atoms with Crippen molar-refractivity contribution in [2.75, 3.05) is 0 Å². The third-order valence-electron chi connectivity index (χ3n) is 6.44. The molecule has 0 spiro atoms. The molecule has 8 heteroatoms. The molecule has 1 atom stereocenters. The first-order valence-corrected chi connectivity index (χ1v) is 12.7. The predicted molar refractivity (Wildman–Crippen MR) is 140 cm³/mol. The van der Waals surface area contributed by atoms with E-state index >= 15 is 0 Å². The molecule has 2 aliphatic rings. The van der Waals surface area contributed by atoms with Crippen LogP contribution >= 0.6 is 27.3 Å². The highest BCUT2D eigenvalue weighted by atomic mass is 79.9. The summed E-state index contributed by atoms with van der Waals surface area (Å²) >= 11 is 4.83. The predicted octanol–water partition coefficient (Wildman–Crippen LogP) is 4.99. The van der Waals surface area contributed by atoms with Crippen LogP contribution in [0.4, 0.5) is 5.69 Å². The quantitative estimate of drug-likeness (QED) is 0.270. The van der Waals surface area contributed by atoms with E-state index in [1.807, 2.05) is 36.4 Å². The van der Waals surface area contributed by atoms with Crippen molar-refractivity contribution in [1.82, 2.24) is 4.57 Å². The van der Waals surface area contributed by atoms with Crippen LogP contribution in [0.3, 0.4) is 0 Å². The molecule has 1 aliphatic carbocycles. The molecule has 0 saturated heterocycles. The Hall–Kier alpha value is -3.62. The van der Waals surface area contributed by atoms with Crippen molar-refractivity contribution in [2.24, 2.45) is 4.99 Å². The number of fused-ring (bicyclic) bond motifs is 3. The molecule has 1 unspecified atom stereocenters. The molecule has 3 aromatic carbocycles. The van der Waals surface area contributed by atoms with Crippen molar-refractivity contribution in [3.8, 4) is 0 Å². The zero-order valence-corrected chi connectivity index (χ0v) is 20.8. The van der Waals surface area contributed by atoms with Gasteiger partial charge in [0.05, 0.1) is 21.2 Å². The summed E-state index contributed by atoms with van der Waals surface area (Å²) in [7, 11) is 0. The van der Waals surface area contributed by atoms with E-state index in [0.29, 0.717) is 14.9 Å². The van der Waals surface area contributed by atoms with Gasteiger partial charge >= 0.3 is 0 Å². The maximum atomic E-state index is 13.7. The lowest BCUT2D eigenvalue weighted by Gasteiger charge is -2.30. The maximum absolute atomic E-state index is 13.7. The van der Waals surface area contributed by atoms with Crippen molar-refractivity contribution in [1.29, 1.82) is 0 Å². The van der Waals surface area contributed by atoms with Crippen LogP contribution in [0.2, 0.25) is 0 Å². The molecule has 0 N–H and O–H groups in total. The molecule has 0 radical (unpaired) electrons. The van der Waals surface area contributed by atoms with E-state index in [1.165, 1.54) is 29.0 Å². The summed E-state index contributed by atoms with van der Waals surface area (Å²) in [6.07, 6.45) is 3.44. The zero-order valence-electron chi connectivity index (χ0n) is 18.3. The standard InChI is InChI=1S/C27H18BrN3O3S/c28-19-11-8-18(9-12-19)25-22-13-10-17-5-1-2-7-21(17)24(22)29-27-30(25)26(32)23(35-27)15-16-4-3-6-20(14-16)31(33)34/h1-9,11-12,14-15,25H,10,13H2. The number of allylic oxidation sites excluding steroid dienone is 1. The lowest BCUT2D eigenvalue weighted by Crippen LogP contribution is -2.38. The van der Waals surface area contributed by atoms with Gasteiger partial charge in [-0.2, -0.15) is 0 Å². The summed E-state index contributed by atoms with van der Waals surface area (Å²) in [6, 6.07) is 22.4. The molecule has 4 aromatic rings. The Bertz CT molecular complexity index is 1720. The van der Waals surface area contributed by atoms with Crippen LogP contribution in [0, 0.1) is 10.1 Å². The normalized spacial score (nSPS) is 16.8. The van der Waals surface area contributed by atoms with Gasteiger partial charge in [-0.1, -0.05) is 75.8 Å². The number of non-ortho nitro benzene ring substituents is 1. The fraction of sp³-hybridized carbons (Fsp3) is 0.111. The third-order valence-corrected chi connectivity index (χ3v) is 7.95. The number of rotatable bonds is 3. The Balaban J connectivity index is 1.60. The topological polar surface area (TPSA) is 77.5 Å². The number of halogens is 1. The molecule has 6 nitrogen and oxygen atoms in total. The molecule has 6 rings (SSSR count). The molecule has 1 aromatic heterocycles. The maximum Gasteiger partial charge on any atom is 0.271 e. The van der Waals surface area contributed by atoms with Crippen LogP contribution in [0.15, 0.2) is 92.6 Å². The fourth-order valence-corrected chi connectivity index (χ4v) is 6.11. The minimum absolute atomic E-state index is 0.00802. The first-order valence-electron chi connectivity index (χ1n) is 11.1. The van der Waals surface area contributed by atoms with Crippen LogP contribution < -0.4 is 14.9 Å². The van der Waals surface area contributed by atoms with Crippen LogP contribution in [0.25, 0.3) is 11.8 Å². The van der Waals surface area contributed by atoms with E-state index in [0.717, 1.165) is 39.7 Å². The lowest BCUT2D eigenvalue weighted by atomic mass is 9.83. The van der Waals surface area contributed by atoms with Crippen molar-refractivity contribution in [2.45, 2.75) is 18.9 Å². The van der Waals surface area contributed by atoms with E-state index in [2.05, 4.69) is 28.1 Å². The summed E-state index contributed by atoms with van der Waals surface area (Å²) in [6.45, 7) is 0. The van der Waals surface area contributed by atoms with Crippen molar-refractivity contribution in [3.05, 3.63) is 135 Å². The number of aromatic nitrogens is 1. The summed E-state index contributed by atoms with van der Waals surface area (Å²) in [5, 5.41) is 11.2. The second-order valence-corrected chi connectivity index (χ2v) is 10.4. The van der Waals surface area contributed by atoms with Crippen LogP contribution in [-0.4, -0.2) is 9.49 Å². The number of nitro groups is 1. The second kappa shape index (κ2) is 8.55. The Morgan fingerprint density at radius 3 is 2.66 bits per heavy atom. The van der Waals surface area contributed by atoms with Gasteiger partial charge in [0.1, 0.15) is 0 Å². The number of hydrogen-bond acceptors (Lipinski definition) is 5. The van der Waals surface area contributed by atoms with Gasteiger partial charge in [0.2, 0.25) is 0 Å². The molecule has 0 saturated carbocycles. The number of nitro benzene ring substituents is 1. The molecule has 35 heavy (non-hydrogen) atoms. The lowest BCUT2D eigenvalue weighted by molar-refractivity contribution is -0.384. The molecule has 0 fully saturated rings. The highest BCUT2D eigenvalue weighted by molar-refractivity contribution is 9.10. The average molecular weight is 544 g/mol. The Morgan fingerprint density at radius 2 is 1.86 bits per heavy atom. The van der Waals surface area contributed by atoms with Gasteiger partial charge in [-0.25, -0.2) is 4.99 Å². The van der Waals surface area contributed by atoms with Crippen LogP contribution in [0.1, 0.15) is 34.7 Å². The molecular weight excluding hydrogens is 526 g/mol. The fourth-order valence-electron chi connectivity index (χ4n) is 4.85. The summed E-state index contributed by atoms with van der Waals surface area (Å²) < 4.78 is 3.26. The van der Waals surface area contributed by atoms with Crippen molar-refractivity contribution >= 4 is 44.7 Å². The van der Waals surface area contributed by atoms with Gasteiger partial charge in [-0.3, -0.25) is 19.5 Å². The Morgan fingerprint density at radius 1 is 1.06 bits per heavy atom. The van der Waals surface area contributed by atoms with E-state index in [4.69, 9.17) is 4.99 Å². The summed E-state index contributed by atoms with van der Waals surface area (Å²) in [5.41, 5.74) is 5.96.